The first-order valence-electron chi connectivity index (χ1n) is 8.57. The van der Waals surface area contributed by atoms with Crippen molar-refractivity contribution in [1.29, 1.82) is 0 Å². The van der Waals surface area contributed by atoms with Crippen LogP contribution in [0.25, 0.3) is 11.0 Å². The van der Waals surface area contributed by atoms with Crippen LogP contribution in [-0.2, 0) is 0 Å². The van der Waals surface area contributed by atoms with E-state index >= 15 is 0 Å². The fraction of sp³-hybridized carbons (Fsp3) is 0.381. The molecule has 1 heterocycles. The predicted molar refractivity (Wildman–Crippen MR) is 104 cm³/mol. The molecule has 26 heavy (non-hydrogen) atoms. The van der Waals surface area contributed by atoms with Crippen molar-refractivity contribution >= 4 is 11.0 Å². The summed E-state index contributed by atoms with van der Waals surface area (Å²) < 4.78 is 21.6. The Morgan fingerprint density at radius 3 is 2.50 bits per heavy atom. The smallest absolute Gasteiger partial charge is 0.383 e. The Morgan fingerprint density at radius 2 is 1.85 bits per heavy atom. The highest BCUT2D eigenvalue weighted by atomic mass is 16.5. The van der Waals surface area contributed by atoms with Crippen LogP contribution in [0.2, 0.25) is 0 Å². The lowest BCUT2D eigenvalue weighted by molar-refractivity contribution is 0.309. The van der Waals surface area contributed by atoms with E-state index in [0.29, 0.717) is 22.5 Å². The maximum atomic E-state index is 12.3. The quantitative estimate of drug-likeness (QED) is 0.497. The Balaban J connectivity index is 2.20. The molecule has 2 rings (SSSR count). The normalized spacial score (nSPS) is 11.3. The third-order valence-electron chi connectivity index (χ3n) is 3.98. The van der Waals surface area contributed by atoms with Crippen molar-refractivity contribution in [2.24, 2.45) is 0 Å². The van der Waals surface area contributed by atoms with Crippen molar-refractivity contribution in [3.8, 4) is 17.2 Å². The Labute approximate surface area is 153 Å². The second kappa shape index (κ2) is 9.13. The highest BCUT2D eigenvalue weighted by molar-refractivity contribution is 5.86. The summed E-state index contributed by atoms with van der Waals surface area (Å²) in [6, 6.07) is 5.21. The van der Waals surface area contributed by atoms with Gasteiger partial charge in [-0.1, -0.05) is 17.2 Å². The lowest BCUT2D eigenvalue weighted by Crippen LogP contribution is -2.09. The van der Waals surface area contributed by atoms with E-state index in [9.17, 15) is 4.79 Å². The van der Waals surface area contributed by atoms with E-state index < -0.39 is 5.63 Å². The molecule has 2 aromatic rings. The largest absolute Gasteiger partial charge is 0.497 e. The number of methoxy groups -OCH3 is 2. The summed E-state index contributed by atoms with van der Waals surface area (Å²) >= 11 is 0. The predicted octanol–water partition coefficient (Wildman–Crippen LogP) is 4.88. The zero-order chi connectivity index (χ0) is 19.1. The molecule has 1 aromatic carbocycles. The van der Waals surface area contributed by atoms with E-state index in [1.165, 1.54) is 18.3 Å². The van der Waals surface area contributed by atoms with Gasteiger partial charge in [-0.05, 0) is 51.8 Å². The van der Waals surface area contributed by atoms with Crippen molar-refractivity contribution in [3.63, 3.8) is 0 Å². The highest BCUT2D eigenvalue weighted by Gasteiger charge is 2.17. The van der Waals surface area contributed by atoms with Gasteiger partial charge in [-0.2, -0.15) is 0 Å². The zero-order valence-electron chi connectivity index (χ0n) is 16.0. The molecule has 0 N–H and O–H groups in total. The van der Waals surface area contributed by atoms with Crippen molar-refractivity contribution in [3.05, 3.63) is 51.9 Å². The Hall–Kier alpha value is -2.69. The molecule has 0 saturated carbocycles. The zero-order valence-corrected chi connectivity index (χ0v) is 16.0. The average molecular weight is 358 g/mol. The lowest BCUT2D eigenvalue weighted by atomic mass is 10.1. The first kappa shape index (κ1) is 19.6. The summed E-state index contributed by atoms with van der Waals surface area (Å²) in [6.45, 7) is 6.50. The van der Waals surface area contributed by atoms with E-state index in [1.54, 1.807) is 25.3 Å². The molecule has 0 spiro atoms. The molecule has 5 heteroatoms. The molecule has 0 radical (unpaired) electrons. The molecule has 0 aliphatic carbocycles. The molecular formula is C21H26O5. The minimum Gasteiger partial charge on any atom is -0.497 e. The third-order valence-corrected chi connectivity index (χ3v) is 3.98. The highest BCUT2D eigenvalue weighted by Crippen LogP contribution is 2.34. The number of benzene rings is 1. The fourth-order valence-corrected chi connectivity index (χ4v) is 2.55. The van der Waals surface area contributed by atoms with E-state index in [4.69, 9.17) is 18.6 Å². The number of rotatable bonds is 8. The molecule has 0 atom stereocenters. The number of hydrogen-bond donors (Lipinski definition) is 0. The maximum Gasteiger partial charge on any atom is 0.383 e. The van der Waals surface area contributed by atoms with E-state index in [2.05, 4.69) is 26.8 Å². The summed E-state index contributed by atoms with van der Waals surface area (Å²) in [4.78, 5) is 12.3. The van der Waals surface area contributed by atoms with Crippen LogP contribution < -0.4 is 19.8 Å². The SMILES string of the molecule is COc1ccc2c(OC)c(OC/C=C(\C)CCC=C(C)C)c(=O)oc2c1. The molecule has 0 saturated heterocycles. The molecule has 1 aromatic heterocycles. The second-order valence-electron chi connectivity index (χ2n) is 6.30. The van der Waals surface area contributed by atoms with Crippen molar-refractivity contribution < 1.29 is 18.6 Å². The molecule has 0 fully saturated rings. The van der Waals surface area contributed by atoms with Crippen molar-refractivity contribution in [2.75, 3.05) is 20.8 Å². The number of allylic oxidation sites excluding steroid dienone is 3. The summed E-state index contributed by atoms with van der Waals surface area (Å²) in [5, 5.41) is 0.659. The monoisotopic (exact) mass is 358 g/mol. The topological polar surface area (TPSA) is 57.9 Å². The second-order valence-corrected chi connectivity index (χ2v) is 6.30. The van der Waals surface area contributed by atoms with E-state index in [1.807, 2.05) is 6.08 Å². The van der Waals surface area contributed by atoms with Crippen LogP contribution in [0.15, 0.2) is 50.7 Å². The molecule has 5 nitrogen and oxygen atoms in total. The van der Waals surface area contributed by atoms with E-state index in [0.717, 1.165) is 12.8 Å². The lowest BCUT2D eigenvalue weighted by Gasteiger charge is -2.11. The van der Waals surface area contributed by atoms with Gasteiger partial charge >= 0.3 is 5.63 Å². The summed E-state index contributed by atoms with van der Waals surface area (Å²) in [5.74, 6) is 1.05. The van der Waals surface area contributed by atoms with Crippen LogP contribution in [0.5, 0.6) is 17.2 Å². The van der Waals surface area contributed by atoms with Gasteiger partial charge in [0.2, 0.25) is 5.75 Å². The van der Waals surface area contributed by atoms with E-state index in [-0.39, 0.29) is 12.4 Å². The van der Waals surface area contributed by atoms with Gasteiger partial charge in [0.15, 0.2) is 5.75 Å². The molecule has 0 bridgehead atoms. The minimum absolute atomic E-state index is 0.0820. The number of hydrogen-bond acceptors (Lipinski definition) is 5. The summed E-state index contributed by atoms with van der Waals surface area (Å²) in [7, 11) is 3.06. The Kier molecular flexibility index (Phi) is 6.89. The average Bonchev–Trinajstić information content (AvgIpc) is 2.61. The van der Waals surface area contributed by atoms with Gasteiger partial charge in [-0.25, -0.2) is 4.79 Å². The van der Waals surface area contributed by atoms with Gasteiger partial charge in [0.05, 0.1) is 19.6 Å². The van der Waals surface area contributed by atoms with Crippen molar-refractivity contribution in [1.82, 2.24) is 0 Å². The molecular weight excluding hydrogens is 332 g/mol. The Bertz CT molecular complexity index is 870. The van der Waals surface area contributed by atoms with Gasteiger partial charge in [0.1, 0.15) is 17.9 Å². The molecule has 140 valence electrons. The number of fused-ring (bicyclic) bond motifs is 1. The van der Waals surface area contributed by atoms with Crippen LogP contribution in [0.1, 0.15) is 33.6 Å². The van der Waals surface area contributed by atoms with Crippen LogP contribution in [0.3, 0.4) is 0 Å². The standard InChI is InChI=1S/C21H26O5/c1-14(2)7-6-8-15(3)11-12-25-20-19(24-5)17-10-9-16(23-4)13-18(17)26-21(20)22/h7,9-11,13H,6,8,12H2,1-5H3/b15-11+. The third kappa shape index (κ3) is 4.91. The first-order chi connectivity index (χ1) is 12.5. The minimum atomic E-state index is -0.571. The van der Waals surface area contributed by atoms with Gasteiger partial charge in [-0.3, -0.25) is 0 Å². The van der Waals surface area contributed by atoms with Crippen LogP contribution >= 0.6 is 0 Å². The van der Waals surface area contributed by atoms with Crippen molar-refractivity contribution in [2.45, 2.75) is 33.6 Å². The van der Waals surface area contributed by atoms with Crippen LogP contribution in [0.4, 0.5) is 0 Å². The molecule has 0 aliphatic rings. The Morgan fingerprint density at radius 1 is 1.08 bits per heavy atom. The fourth-order valence-electron chi connectivity index (χ4n) is 2.55. The maximum absolute atomic E-state index is 12.3. The summed E-state index contributed by atoms with van der Waals surface area (Å²) in [5.41, 5.74) is 2.34. The molecule has 0 amide bonds. The van der Waals surface area contributed by atoms with Gasteiger partial charge in [-0.15, -0.1) is 0 Å². The first-order valence-corrected chi connectivity index (χ1v) is 8.57. The van der Waals surface area contributed by atoms with Gasteiger partial charge < -0.3 is 18.6 Å². The molecule has 0 aliphatic heterocycles. The van der Waals surface area contributed by atoms with Gasteiger partial charge in [0, 0.05) is 6.07 Å². The number of ether oxygens (including phenoxy) is 3. The van der Waals surface area contributed by atoms with Gasteiger partial charge in [0.25, 0.3) is 0 Å². The van der Waals surface area contributed by atoms with Crippen LogP contribution in [0, 0.1) is 0 Å². The summed E-state index contributed by atoms with van der Waals surface area (Å²) in [6.07, 6.45) is 6.12. The van der Waals surface area contributed by atoms with Crippen LogP contribution in [-0.4, -0.2) is 20.8 Å². The molecule has 0 unspecified atom stereocenters.